The second kappa shape index (κ2) is 5.11. The Morgan fingerprint density at radius 1 is 1.47 bits per heavy atom. The van der Waals surface area contributed by atoms with Crippen LogP contribution in [0.5, 0.6) is 0 Å². The van der Waals surface area contributed by atoms with Gasteiger partial charge in [0.2, 0.25) is 0 Å². The van der Waals surface area contributed by atoms with Crippen LogP contribution in [0.15, 0.2) is 29.4 Å². The Morgan fingerprint density at radius 2 is 2.13 bits per heavy atom. The van der Waals surface area contributed by atoms with E-state index in [2.05, 4.69) is 9.99 Å². The van der Waals surface area contributed by atoms with E-state index >= 15 is 0 Å². The van der Waals surface area contributed by atoms with Crippen LogP contribution in [0.1, 0.15) is 11.1 Å². The first-order valence-corrected chi connectivity index (χ1v) is 4.24. The molecule has 2 N–H and O–H groups in total. The van der Waals surface area contributed by atoms with Crippen LogP contribution in [0.4, 0.5) is 0 Å². The van der Waals surface area contributed by atoms with Gasteiger partial charge in [-0.1, -0.05) is 29.4 Å². The lowest BCUT2D eigenvalue weighted by molar-refractivity contribution is -0.129. The Hall–Kier alpha value is -1.88. The molecule has 0 atom stereocenters. The number of carbonyl (C=O) groups is 1. The van der Waals surface area contributed by atoms with Gasteiger partial charge in [-0.2, -0.15) is 0 Å². The Morgan fingerprint density at radius 3 is 2.67 bits per heavy atom. The number of carboxylic acid groups (broad SMARTS) is 1. The van der Waals surface area contributed by atoms with Crippen LogP contribution in [0.2, 0.25) is 0 Å². The van der Waals surface area contributed by atoms with Gasteiger partial charge in [-0.05, 0) is 5.56 Å². The van der Waals surface area contributed by atoms with E-state index in [1.54, 1.807) is 24.3 Å². The summed E-state index contributed by atoms with van der Waals surface area (Å²) < 4.78 is 0. The molecule has 1 aromatic rings. The molecule has 0 spiro atoms. The minimum Gasteiger partial charge on any atom is -0.476 e. The van der Waals surface area contributed by atoms with Gasteiger partial charge in [0, 0.05) is 5.56 Å². The van der Waals surface area contributed by atoms with Crippen LogP contribution in [0, 0.1) is 0 Å². The molecule has 0 aromatic heterocycles. The summed E-state index contributed by atoms with van der Waals surface area (Å²) in [6.45, 7) is -0.244. The second-order valence-electron chi connectivity index (χ2n) is 2.74. The highest BCUT2D eigenvalue weighted by atomic mass is 16.6. The number of benzene rings is 1. The van der Waals surface area contributed by atoms with E-state index in [9.17, 15) is 4.79 Å². The summed E-state index contributed by atoms with van der Waals surface area (Å²) in [5.74, 6) is -1.20. The molecule has 1 aromatic carbocycles. The van der Waals surface area contributed by atoms with Gasteiger partial charge in [0.05, 0.1) is 6.61 Å². The maximum atomic E-state index is 10.9. The van der Waals surface area contributed by atoms with Gasteiger partial charge in [-0.25, -0.2) is 4.79 Å². The Kier molecular flexibility index (Phi) is 3.82. The maximum absolute atomic E-state index is 10.9. The highest BCUT2D eigenvalue weighted by molar-refractivity contribution is 6.42. The number of nitrogens with zero attached hydrogens (tertiary/aromatic N) is 1. The number of hydrogen-bond donors (Lipinski definition) is 2. The largest absolute Gasteiger partial charge is 0.476 e. The third-order valence-electron chi connectivity index (χ3n) is 1.83. The summed E-state index contributed by atoms with van der Waals surface area (Å²) in [5, 5.41) is 21.3. The first-order chi connectivity index (χ1) is 7.20. The molecule has 80 valence electrons. The number of rotatable bonds is 4. The van der Waals surface area contributed by atoms with Crippen LogP contribution >= 0.6 is 0 Å². The lowest BCUT2D eigenvalue weighted by atomic mass is 10.0. The van der Waals surface area contributed by atoms with Crippen molar-refractivity contribution in [3.63, 3.8) is 0 Å². The molecule has 0 heterocycles. The fourth-order valence-electron chi connectivity index (χ4n) is 1.18. The van der Waals surface area contributed by atoms with Gasteiger partial charge in [-0.3, -0.25) is 0 Å². The molecule has 0 aliphatic carbocycles. The number of carboxylic acids is 1. The summed E-state index contributed by atoms with van der Waals surface area (Å²) >= 11 is 0. The third-order valence-corrected chi connectivity index (χ3v) is 1.83. The van der Waals surface area contributed by atoms with Gasteiger partial charge < -0.3 is 15.1 Å². The molecule has 0 saturated carbocycles. The first-order valence-electron chi connectivity index (χ1n) is 4.24. The van der Waals surface area contributed by atoms with Crippen LogP contribution in [0.3, 0.4) is 0 Å². The van der Waals surface area contributed by atoms with Crippen molar-refractivity contribution in [1.29, 1.82) is 0 Å². The summed E-state index contributed by atoms with van der Waals surface area (Å²) in [4.78, 5) is 15.3. The smallest absolute Gasteiger partial charge is 0.358 e. The van der Waals surface area contributed by atoms with Crippen molar-refractivity contribution < 1.29 is 19.8 Å². The predicted octanol–water partition coefficient (Wildman–Crippen LogP) is 0.614. The average Bonchev–Trinajstić information content (AvgIpc) is 2.25. The average molecular weight is 209 g/mol. The topological polar surface area (TPSA) is 79.1 Å². The van der Waals surface area contributed by atoms with E-state index in [0.717, 1.165) is 0 Å². The van der Waals surface area contributed by atoms with Crippen LogP contribution in [0.25, 0.3) is 0 Å². The summed E-state index contributed by atoms with van der Waals surface area (Å²) in [6, 6.07) is 6.57. The fourth-order valence-corrected chi connectivity index (χ4v) is 1.18. The normalized spacial score (nSPS) is 11.2. The summed E-state index contributed by atoms with van der Waals surface area (Å²) in [5.41, 5.74) is 0.632. The highest BCUT2D eigenvalue weighted by Gasteiger charge is 2.16. The van der Waals surface area contributed by atoms with Crippen LogP contribution in [-0.4, -0.2) is 29.0 Å². The molecule has 0 fully saturated rings. The Labute approximate surface area is 86.6 Å². The molecular formula is C10H11NO4. The molecule has 0 radical (unpaired) electrons. The molecule has 5 nitrogen and oxygen atoms in total. The third kappa shape index (κ3) is 2.54. The zero-order chi connectivity index (χ0) is 11.3. The van der Waals surface area contributed by atoms with Gasteiger partial charge in [0.1, 0.15) is 7.11 Å². The molecule has 0 amide bonds. The van der Waals surface area contributed by atoms with E-state index < -0.39 is 5.97 Å². The van der Waals surface area contributed by atoms with E-state index in [1.807, 2.05) is 0 Å². The molecule has 15 heavy (non-hydrogen) atoms. The molecule has 0 aliphatic heterocycles. The molecule has 5 heteroatoms. The van der Waals surface area contributed by atoms with E-state index in [-0.39, 0.29) is 12.3 Å². The first kappa shape index (κ1) is 11.2. The standard InChI is InChI=1S/C10H11NO4/c1-15-11-9(10(13)14)8-5-3-2-4-7(8)6-12/h2-5,12H,6H2,1H3,(H,13,14). The molecular weight excluding hydrogens is 198 g/mol. The zero-order valence-corrected chi connectivity index (χ0v) is 8.17. The summed E-state index contributed by atoms with van der Waals surface area (Å²) in [7, 11) is 1.27. The molecule has 0 aliphatic rings. The Balaban J connectivity index is 3.22. The van der Waals surface area contributed by atoms with Gasteiger partial charge in [0.15, 0.2) is 5.71 Å². The van der Waals surface area contributed by atoms with Crippen molar-refractivity contribution in [1.82, 2.24) is 0 Å². The minimum absolute atomic E-state index is 0.220. The number of aliphatic hydroxyl groups is 1. The minimum atomic E-state index is -1.20. The SMILES string of the molecule is CON=C(C(=O)O)c1ccccc1CO. The number of hydrogen-bond acceptors (Lipinski definition) is 4. The zero-order valence-electron chi connectivity index (χ0n) is 8.17. The monoisotopic (exact) mass is 209 g/mol. The van der Waals surface area contributed by atoms with E-state index in [4.69, 9.17) is 10.2 Å². The molecule has 0 unspecified atom stereocenters. The lowest BCUT2D eigenvalue weighted by Crippen LogP contribution is -2.16. The maximum Gasteiger partial charge on any atom is 0.358 e. The van der Waals surface area contributed by atoms with Crippen LogP contribution < -0.4 is 0 Å². The van der Waals surface area contributed by atoms with Crippen molar-refractivity contribution in [3.8, 4) is 0 Å². The fraction of sp³-hybridized carbons (Fsp3) is 0.200. The molecule has 0 bridgehead atoms. The van der Waals surface area contributed by atoms with E-state index in [1.165, 1.54) is 7.11 Å². The Bertz CT molecular complexity index is 387. The lowest BCUT2D eigenvalue weighted by Gasteiger charge is -2.05. The molecule has 1 rings (SSSR count). The van der Waals surface area contributed by atoms with Gasteiger partial charge in [0.25, 0.3) is 0 Å². The number of aliphatic hydroxyl groups excluding tert-OH is 1. The quantitative estimate of drug-likeness (QED) is 0.562. The predicted molar refractivity (Wildman–Crippen MR) is 53.5 cm³/mol. The van der Waals surface area contributed by atoms with Crippen molar-refractivity contribution in [2.45, 2.75) is 6.61 Å². The van der Waals surface area contributed by atoms with Crippen LogP contribution in [-0.2, 0) is 16.2 Å². The molecule has 0 saturated heterocycles. The van der Waals surface area contributed by atoms with Gasteiger partial charge >= 0.3 is 5.97 Å². The van der Waals surface area contributed by atoms with Gasteiger partial charge in [-0.15, -0.1) is 0 Å². The second-order valence-corrected chi connectivity index (χ2v) is 2.74. The van der Waals surface area contributed by atoms with Crippen molar-refractivity contribution in [3.05, 3.63) is 35.4 Å². The number of oxime groups is 1. The van der Waals surface area contributed by atoms with Crippen molar-refractivity contribution in [2.24, 2.45) is 5.16 Å². The summed E-state index contributed by atoms with van der Waals surface area (Å²) in [6.07, 6.45) is 0. The van der Waals surface area contributed by atoms with Crippen molar-refractivity contribution >= 4 is 11.7 Å². The van der Waals surface area contributed by atoms with Crippen molar-refractivity contribution in [2.75, 3.05) is 7.11 Å². The van der Waals surface area contributed by atoms with E-state index in [0.29, 0.717) is 11.1 Å². The number of aliphatic carboxylic acids is 1. The highest BCUT2D eigenvalue weighted by Crippen LogP contribution is 2.10.